The van der Waals surface area contributed by atoms with E-state index >= 15 is 0 Å². The number of hydrogen-bond donors (Lipinski definition) is 1. The predicted molar refractivity (Wildman–Crippen MR) is 95.0 cm³/mol. The molecule has 3 aliphatic heterocycles. The van der Waals surface area contributed by atoms with Crippen molar-refractivity contribution in [3.8, 4) is 11.5 Å². The van der Waals surface area contributed by atoms with Gasteiger partial charge in [0.25, 0.3) is 5.91 Å². The zero-order chi connectivity index (χ0) is 19.0. The zero-order valence-electron chi connectivity index (χ0n) is 14.5. The molecule has 1 saturated heterocycles. The average molecular weight is 393 g/mol. The van der Waals surface area contributed by atoms with Crippen LogP contribution in [-0.2, 0) is 26.0 Å². The SMILES string of the molecule is O=C(NCc1ccc2c(c1)OCO2)C1=NN([C@H]2CCS(=O)(=O)C2)C(=O)CC1. The molecule has 0 radical (unpaired) electrons. The smallest absolute Gasteiger partial charge is 0.267 e. The molecule has 0 aliphatic carbocycles. The van der Waals surface area contributed by atoms with Crippen molar-refractivity contribution in [2.24, 2.45) is 5.10 Å². The molecule has 1 N–H and O–H groups in total. The van der Waals surface area contributed by atoms with Gasteiger partial charge in [-0.2, -0.15) is 5.10 Å². The predicted octanol–water partition coefficient (Wildman–Crippen LogP) is 0.197. The lowest BCUT2D eigenvalue weighted by Gasteiger charge is -2.27. The standard InChI is InChI=1S/C17H19N3O6S/c21-16-4-2-13(19-20(16)12-5-6-27(23,24)9-12)17(22)18-8-11-1-3-14-15(7-11)26-10-25-14/h1,3,7,12H,2,4-6,8-10H2,(H,18,22)/t12-/m0/s1. The maximum absolute atomic E-state index is 12.4. The molecule has 0 aromatic heterocycles. The van der Waals surface area contributed by atoms with E-state index < -0.39 is 15.9 Å². The molecule has 10 heteroatoms. The van der Waals surface area contributed by atoms with Crippen LogP contribution in [0.5, 0.6) is 11.5 Å². The summed E-state index contributed by atoms with van der Waals surface area (Å²) in [6, 6.07) is 4.92. The van der Waals surface area contributed by atoms with Gasteiger partial charge < -0.3 is 14.8 Å². The number of ether oxygens (including phenoxy) is 2. The second-order valence-electron chi connectivity index (χ2n) is 6.71. The molecule has 9 nitrogen and oxygen atoms in total. The van der Waals surface area contributed by atoms with Gasteiger partial charge in [-0.1, -0.05) is 6.07 Å². The average Bonchev–Trinajstić information content (AvgIpc) is 3.25. The molecule has 4 rings (SSSR count). The minimum absolute atomic E-state index is 0.0443. The van der Waals surface area contributed by atoms with Crippen molar-refractivity contribution in [2.45, 2.75) is 31.8 Å². The van der Waals surface area contributed by atoms with Crippen LogP contribution in [0.1, 0.15) is 24.8 Å². The molecule has 0 bridgehead atoms. The quantitative estimate of drug-likeness (QED) is 0.781. The van der Waals surface area contributed by atoms with E-state index in [4.69, 9.17) is 9.47 Å². The van der Waals surface area contributed by atoms with Crippen LogP contribution in [0, 0.1) is 0 Å². The summed E-state index contributed by atoms with van der Waals surface area (Å²) < 4.78 is 33.9. The van der Waals surface area contributed by atoms with Gasteiger partial charge in [-0.15, -0.1) is 0 Å². The Labute approximate surface area is 156 Å². The largest absolute Gasteiger partial charge is 0.454 e. The summed E-state index contributed by atoms with van der Waals surface area (Å²) in [7, 11) is -3.14. The maximum atomic E-state index is 12.4. The number of hydrazone groups is 1. The Morgan fingerprint density at radius 2 is 2.07 bits per heavy atom. The number of nitrogens with one attached hydrogen (secondary N) is 1. The molecular formula is C17H19N3O6S. The minimum Gasteiger partial charge on any atom is -0.454 e. The van der Waals surface area contributed by atoms with Crippen molar-refractivity contribution in [3.63, 3.8) is 0 Å². The topological polar surface area (TPSA) is 114 Å². The van der Waals surface area contributed by atoms with Gasteiger partial charge in [0.05, 0.1) is 17.5 Å². The number of sulfone groups is 1. The highest BCUT2D eigenvalue weighted by Crippen LogP contribution is 2.32. The Hall–Kier alpha value is -2.62. The number of fused-ring (bicyclic) bond motifs is 1. The summed E-state index contributed by atoms with van der Waals surface area (Å²) in [4.78, 5) is 24.6. The molecule has 0 spiro atoms. The van der Waals surface area contributed by atoms with Crippen molar-refractivity contribution in [1.29, 1.82) is 0 Å². The monoisotopic (exact) mass is 393 g/mol. The highest BCUT2D eigenvalue weighted by molar-refractivity contribution is 7.91. The van der Waals surface area contributed by atoms with Crippen LogP contribution >= 0.6 is 0 Å². The van der Waals surface area contributed by atoms with Crippen LogP contribution in [0.3, 0.4) is 0 Å². The van der Waals surface area contributed by atoms with Crippen molar-refractivity contribution in [3.05, 3.63) is 23.8 Å². The third-order valence-corrected chi connectivity index (χ3v) is 6.52. The second-order valence-corrected chi connectivity index (χ2v) is 8.94. The van der Waals surface area contributed by atoms with Gasteiger partial charge in [-0.3, -0.25) is 9.59 Å². The highest BCUT2D eigenvalue weighted by Gasteiger charge is 2.37. The Morgan fingerprint density at radius 3 is 2.85 bits per heavy atom. The molecule has 3 heterocycles. The van der Waals surface area contributed by atoms with E-state index in [2.05, 4.69) is 10.4 Å². The van der Waals surface area contributed by atoms with Gasteiger partial charge in [0.2, 0.25) is 12.7 Å². The number of hydrogen-bond acceptors (Lipinski definition) is 7. The Bertz CT molecular complexity index is 927. The van der Waals surface area contributed by atoms with Crippen molar-refractivity contribution >= 4 is 27.4 Å². The first-order valence-corrected chi connectivity index (χ1v) is 10.5. The number of benzene rings is 1. The lowest BCUT2D eigenvalue weighted by Crippen LogP contribution is -2.43. The molecule has 1 aromatic carbocycles. The first-order valence-electron chi connectivity index (χ1n) is 8.68. The van der Waals surface area contributed by atoms with Gasteiger partial charge in [0.15, 0.2) is 21.3 Å². The summed E-state index contributed by atoms with van der Waals surface area (Å²) in [6.45, 7) is 0.461. The molecular weight excluding hydrogens is 374 g/mol. The number of amides is 2. The minimum atomic E-state index is -3.14. The number of carbonyl (C=O) groups is 2. The normalized spacial score (nSPS) is 23.3. The zero-order valence-corrected chi connectivity index (χ0v) is 15.3. The molecule has 0 unspecified atom stereocenters. The van der Waals surface area contributed by atoms with Crippen LogP contribution in [-0.4, -0.2) is 55.3 Å². The van der Waals surface area contributed by atoms with E-state index in [1.165, 1.54) is 5.01 Å². The van der Waals surface area contributed by atoms with Crippen LogP contribution in [0.2, 0.25) is 0 Å². The summed E-state index contributed by atoms with van der Waals surface area (Å²) in [5.74, 6) is 0.630. The molecule has 27 heavy (non-hydrogen) atoms. The fourth-order valence-corrected chi connectivity index (χ4v) is 5.02. The lowest BCUT2D eigenvalue weighted by atomic mass is 10.1. The Balaban J connectivity index is 1.42. The van der Waals surface area contributed by atoms with Crippen molar-refractivity contribution in [2.75, 3.05) is 18.3 Å². The van der Waals surface area contributed by atoms with Gasteiger partial charge in [0, 0.05) is 19.4 Å². The first-order chi connectivity index (χ1) is 12.9. The maximum Gasteiger partial charge on any atom is 0.267 e. The van der Waals surface area contributed by atoms with E-state index in [1.54, 1.807) is 12.1 Å². The molecule has 0 saturated carbocycles. The van der Waals surface area contributed by atoms with Crippen LogP contribution < -0.4 is 14.8 Å². The molecule has 1 fully saturated rings. The van der Waals surface area contributed by atoms with Crippen LogP contribution in [0.15, 0.2) is 23.3 Å². The second kappa shape index (κ2) is 6.84. The molecule has 144 valence electrons. The summed E-state index contributed by atoms with van der Waals surface area (Å²) in [6.07, 6.45) is 0.734. The fourth-order valence-electron chi connectivity index (χ4n) is 3.32. The lowest BCUT2D eigenvalue weighted by molar-refractivity contribution is -0.133. The summed E-state index contributed by atoms with van der Waals surface area (Å²) >= 11 is 0. The first kappa shape index (κ1) is 17.8. The Kier molecular flexibility index (Phi) is 4.50. The van der Waals surface area contributed by atoms with E-state index in [0.717, 1.165) is 5.56 Å². The van der Waals surface area contributed by atoms with E-state index in [9.17, 15) is 18.0 Å². The Morgan fingerprint density at radius 1 is 1.26 bits per heavy atom. The fraction of sp³-hybridized carbons (Fsp3) is 0.471. The number of carbonyl (C=O) groups excluding carboxylic acids is 2. The van der Waals surface area contributed by atoms with E-state index in [1.807, 2.05) is 6.07 Å². The third kappa shape index (κ3) is 3.75. The molecule has 1 atom stereocenters. The van der Waals surface area contributed by atoms with E-state index in [0.29, 0.717) is 17.9 Å². The van der Waals surface area contributed by atoms with Crippen LogP contribution in [0.4, 0.5) is 0 Å². The van der Waals surface area contributed by atoms with Crippen LogP contribution in [0.25, 0.3) is 0 Å². The summed E-state index contributed by atoms with van der Waals surface area (Å²) in [5, 5.41) is 8.12. The van der Waals surface area contributed by atoms with E-state index in [-0.39, 0.29) is 55.2 Å². The third-order valence-electron chi connectivity index (χ3n) is 4.77. The van der Waals surface area contributed by atoms with Gasteiger partial charge in [-0.25, -0.2) is 13.4 Å². The molecule has 2 amide bonds. The number of nitrogens with zero attached hydrogens (tertiary/aromatic N) is 2. The van der Waals surface area contributed by atoms with Crippen molar-refractivity contribution < 1.29 is 27.5 Å². The van der Waals surface area contributed by atoms with Gasteiger partial charge >= 0.3 is 0 Å². The van der Waals surface area contributed by atoms with Gasteiger partial charge in [-0.05, 0) is 24.1 Å². The number of rotatable bonds is 4. The summed E-state index contributed by atoms with van der Waals surface area (Å²) in [5.41, 5.74) is 1.08. The van der Waals surface area contributed by atoms with Crippen molar-refractivity contribution in [1.82, 2.24) is 10.3 Å². The highest BCUT2D eigenvalue weighted by atomic mass is 32.2. The molecule has 3 aliphatic rings. The molecule has 1 aromatic rings. The van der Waals surface area contributed by atoms with Gasteiger partial charge in [0.1, 0.15) is 5.71 Å².